The number of carboxylic acid groups (broad SMARTS) is 1. The highest BCUT2D eigenvalue weighted by Crippen LogP contribution is 2.43. The van der Waals surface area contributed by atoms with Crippen molar-refractivity contribution in [2.75, 3.05) is 23.1 Å². The van der Waals surface area contributed by atoms with E-state index in [4.69, 9.17) is 51.1 Å². The van der Waals surface area contributed by atoms with Crippen LogP contribution in [0.4, 0.5) is 16.4 Å². The van der Waals surface area contributed by atoms with Crippen LogP contribution in [-0.4, -0.2) is 41.9 Å². The van der Waals surface area contributed by atoms with Gasteiger partial charge in [-0.3, -0.25) is 14.4 Å². The molecule has 5 aromatic rings. The number of hydrogen-bond acceptors (Lipinski definition) is 8. The zero-order valence-electron chi connectivity index (χ0n) is 26.9. The first-order valence-electron chi connectivity index (χ1n) is 14.9. The average Bonchev–Trinajstić information content (AvgIpc) is 3.46. The van der Waals surface area contributed by atoms with Crippen LogP contribution in [0.3, 0.4) is 0 Å². The number of halogens is 4. The highest BCUT2D eigenvalue weighted by molar-refractivity contribution is 8.00. The van der Waals surface area contributed by atoms with E-state index >= 15 is 0 Å². The smallest absolute Gasteiger partial charge is 0.341 e. The van der Waals surface area contributed by atoms with Crippen molar-refractivity contribution in [3.05, 3.63) is 138 Å². The van der Waals surface area contributed by atoms with Crippen molar-refractivity contribution < 1.29 is 33.8 Å². The first-order chi connectivity index (χ1) is 24.8. The number of aromatic carboxylic acids is 1. The van der Waals surface area contributed by atoms with Crippen LogP contribution in [0.2, 0.25) is 20.1 Å². The predicted octanol–water partition coefficient (Wildman–Crippen LogP) is 10.1. The highest BCUT2D eigenvalue weighted by Gasteiger charge is 2.31. The topological polar surface area (TPSA) is 151 Å². The molecule has 10 nitrogen and oxygen atoms in total. The number of para-hydroxylation sites is 1. The lowest BCUT2D eigenvalue weighted by Gasteiger charge is -2.18. The van der Waals surface area contributed by atoms with Crippen LogP contribution in [0.1, 0.15) is 57.1 Å². The maximum atomic E-state index is 14.1. The summed E-state index contributed by atoms with van der Waals surface area (Å²) in [5.74, 6) is -4.18. The fraction of sp³-hybridized carbons (Fsp3) is 0.0833. The number of hydrogen-bond donors (Lipinski definition) is 4. The lowest BCUT2D eigenvalue weighted by atomic mass is 10.1. The number of methoxy groups -OCH3 is 1. The first-order valence-corrected chi connectivity index (χ1v) is 18.1. The van der Waals surface area contributed by atoms with E-state index in [9.17, 15) is 29.1 Å². The minimum absolute atomic E-state index is 0.0439. The molecule has 0 spiro atoms. The van der Waals surface area contributed by atoms with Gasteiger partial charge in [-0.15, -0.1) is 23.1 Å². The molecule has 0 aliphatic rings. The van der Waals surface area contributed by atoms with Gasteiger partial charge in [-0.1, -0.05) is 101 Å². The largest absolute Gasteiger partial charge is 0.478 e. The maximum absolute atomic E-state index is 14.1. The van der Waals surface area contributed by atoms with E-state index in [-0.39, 0.29) is 31.2 Å². The third-order valence-electron chi connectivity index (χ3n) is 7.41. The van der Waals surface area contributed by atoms with Crippen LogP contribution >= 0.6 is 69.5 Å². The summed E-state index contributed by atoms with van der Waals surface area (Å²) < 4.78 is 5.00. The Balaban J connectivity index is 1.44. The molecule has 1 heterocycles. The van der Waals surface area contributed by atoms with Gasteiger partial charge in [0.2, 0.25) is 5.91 Å². The van der Waals surface area contributed by atoms with Crippen molar-refractivity contribution in [3.8, 4) is 0 Å². The fourth-order valence-electron chi connectivity index (χ4n) is 4.98. The van der Waals surface area contributed by atoms with E-state index in [0.29, 0.717) is 21.7 Å². The molecule has 3 amide bonds. The number of carbonyl (C=O) groups excluding carboxylic acids is 4. The number of thiophene rings is 1. The van der Waals surface area contributed by atoms with Crippen molar-refractivity contribution in [2.45, 2.75) is 17.1 Å². The molecular formula is C36H25Cl4N3O7S2. The van der Waals surface area contributed by atoms with E-state index in [1.165, 1.54) is 7.11 Å². The molecule has 0 aliphatic carbocycles. The summed E-state index contributed by atoms with van der Waals surface area (Å²) in [7, 11) is 1.20. The number of carboxylic acids is 1. The molecule has 266 valence electrons. The Morgan fingerprint density at radius 1 is 0.712 bits per heavy atom. The van der Waals surface area contributed by atoms with Crippen molar-refractivity contribution in [1.82, 2.24) is 0 Å². The number of carbonyl (C=O) groups is 5. The third kappa shape index (κ3) is 8.39. The fourth-order valence-corrected chi connectivity index (χ4v) is 8.17. The van der Waals surface area contributed by atoms with E-state index in [1.807, 2.05) is 6.07 Å². The van der Waals surface area contributed by atoms with Crippen LogP contribution in [0.25, 0.3) is 0 Å². The number of nitrogens with one attached hydrogen (secondary N) is 3. The minimum Gasteiger partial charge on any atom is -0.478 e. The Hall–Kier alpha value is -4.56. The normalized spacial score (nSPS) is 11.3. The molecule has 1 atom stereocenters. The maximum Gasteiger partial charge on any atom is 0.341 e. The van der Waals surface area contributed by atoms with E-state index in [0.717, 1.165) is 23.1 Å². The Labute approximate surface area is 325 Å². The van der Waals surface area contributed by atoms with Gasteiger partial charge < -0.3 is 25.8 Å². The molecule has 1 unspecified atom stereocenters. The van der Waals surface area contributed by atoms with Crippen molar-refractivity contribution >= 4 is 116 Å². The number of benzene rings is 4. The van der Waals surface area contributed by atoms with E-state index in [2.05, 4.69) is 16.0 Å². The molecule has 0 bridgehead atoms. The lowest BCUT2D eigenvalue weighted by molar-refractivity contribution is -0.115. The quantitative estimate of drug-likeness (QED) is 0.0445. The van der Waals surface area contributed by atoms with Crippen molar-refractivity contribution in [2.24, 2.45) is 0 Å². The van der Waals surface area contributed by atoms with Crippen LogP contribution < -0.4 is 16.0 Å². The molecule has 4 N–H and O–H groups in total. The molecule has 4 aromatic carbocycles. The Morgan fingerprint density at radius 2 is 1.29 bits per heavy atom. The van der Waals surface area contributed by atoms with Crippen LogP contribution in [0.5, 0.6) is 0 Å². The summed E-state index contributed by atoms with van der Waals surface area (Å²) >= 11 is 26.6. The summed E-state index contributed by atoms with van der Waals surface area (Å²) in [5, 5.41) is 15.8. The number of esters is 1. The van der Waals surface area contributed by atoms with Gasteiger partial charge in [0.15, 0.2) is 0 Å². The van der Waals surface area contributed by atoms with Gasteiger partial charge in [-0.05, 0) is 48.4 Å². The summed E-state index contributed by atoms with van der Waals surface area (Å²) in [6.45, 7) is 1.60. The Kier molecular flexibility index (Phi) is 12.5. The van der Waals surface area contributed by atoms with Gasteiger partial charge in [0.25, 0.3) is 11.8 Å². The summed E-state index contributed by atoms with van der Waals surface area (Å²) in [6, 6.07) is 24.1. The second kappa shape index (κ2) is 16.8. The minimum atomic E-state index is -1.54. The summed E-state index contributed by atoms with van der Waals surface area (Å²) in [6.07, 6.45) is 0. The van der Waals surface area contributed by atoms with E-state index < -0.39 is 56.1 Å². The molecular weight excluding hydrogens is 792 g/mol. The summed E-state index contributed by atoms with van der Waals surface area (Å²) in [4.78, 5) is 66.4. The molecule has 0 fully saturated rings. The SMILES string of the molecule is COC(=O)c1c(NC(=O)C(Sc2cccc(NC(=O)c3c(Cl)c(Cl)c(Cl)c(Cl)c3C(=O)O)c2)c2ccccc2)sc(C(=O)Nc2ccccc2)c1C. The van der Waals surface area contributed by atoms with Gasteiger partial charge >= 0.3 is 11.9 Å². The lowest BCUT2D eigenvalue weighted by Crippen LogP contribution is -2.20. The van der Waals surface area contributed by atoms with Gasteiger partial charge in [0.05, 0.1) is 48.8 Å². The standard InChI is InChI=1S/C36H25Cl4N3O7S2/c1-17-22(36(49)50-2)34(52-29(17)32(45)41-19-12-7-4-8-13-19)43-33(46)30(18-10-5-3-6-11-18)51-21-15-9-14-20(16-21)42-31(44)23-24(35(47)48)26(38)28(40)27(39)25(23)37/h3-16,30H,1-2H3,(H,41,45)(H,42,44)(H,43,46)(H,47,48). The second-order valence-electron chi connectivity index (χ2n) is 10.8. The third-order valence-corrected chi connectivity index (χ3v) is 11.7. The molecule has 16 heteroatoms. The number of amides is 3. The van der Waals surface area contributed by atoms with Crippen LogP contribution in [0, 0.1) is 6.92 Å². The molecule has 0 aliphatic heterocycles. The number of thioether (sulfide) groups is 1. The highest BCUT2D eigenvalue weighted by atomic mass is 35.5. The van der Waals surface area contributed by atoms with Gasteiger partial charge in [0, 0.05) is 16.3 Å². The first kappa shape index (κ1) is 38.7. The van der Waals surface area contributed by atoms with Gasteiger partial charge in [-0.2, -0.15) is 0 Å². The van der Waals surface area contributed by atoms with Gasteiger partial charge in [0.1, 0.15) is 10.3 Å². The van der Waals surface area contributed by atoms with Gasteiger partial charge in [-0.25, -0.2) is 9.59 Å². The molecule has 0 saturated carbocycles. The Morgan fingerprint density at radius 3 is 1.90 bits per heavy atom. The predicted molar refractivity (Wildman–Crippen MR) is 206 cm³/mol. The van der Waals surface area contributed by atoms with Crippen LogP contribution in [-0.2, 0) is 9.53 Å². The monoisotopic (exact) mass is 815 g/mol. The number of rotatable bonds is 11. The summed E-state index contributed by atoms with van der Waals surface area (Å²) in [5.41, 5.74) is 0.657. The van der Waals surface area contributed by atoms with Crippen molar-refractivity contribution in [3.63, 3.8) is 0 Å². The second-order valence-corrected chi connectivity index (χ2v) is 14.5. The van der Waals surface area contributed by atoms with Crippen LogP contribution in [0.15, 0.2) is 89.8 Å². The average molecular weight is 818 g/mol. The molecule has 0 saturated heterocycles. The molecule has 1 aromatic heterocycles. The van der Waals surface area contributed by atoms with Crippen molar-refractivity contribution in [1.29, 1.82) is 0 Å². The number of ether oxygens (including phenoxy) is 1. The Bertz CT molecular complexity index is 2220. The number of anilines is 3. The zero-order chi connectivity index (χ0) is 37.7. The molecule has 52 heavy (non-hydrogen) atoms. The zero-order valence-corrected chi connectivity index (χ0v) is 31.5. The molecule has 5 rings (SSSR count). The molecule has 0 radical (unpaired) electrons. The van der Waals surface area contributed by atoms with E-state index in [1.54, 1.807) is 85.8 Å².